The molecular weight excluding hydrogens is 498 g/mol. The summed E-state index contributed by atoms with van der Waals surface area (Å²) in [6.45, 7) is 0. The Labute approximate surface area is 228 Å². The molecule has 5 nitrogen and oxygen atoms in total. The summed E-state index contributed by atoms with van der Waals surface area (Å²) < 4.78 is 0. The van der Waals surface area contributed by atoms with Crippen LogP contribution in [0.5, 0.6) is 0 Å². The molecular formula is C35H19NO4. The minimum absolute atomic E-state index is 0.241. The number of imide groups is 1. The lowest BCUT2D eigenvalue weighted by molar-refractivity contribution is 0.0884. The monoisotopic (exact) mass is 517 g/mol. The first-order valence-electron chi connectivity index (χ1n) is 13.0. The van der Waals surface area contributed by atoms with E-state index in [0.29, 0.717) is 38.9 Å². The standard InChI is InChI=1S/C35H19NO4/c37-32-26-14-20-6-1-2-7-21(20)15-27(26)33(38)31(32)24-13-12-19-10-5-11-30(25(19)18-24)36-34(39)28-16-22-8-3-4-9-23(22)17-29(28)35(36)40/h1-18,31H. The predicted octanol–water partition coefficient (Wildman–Crippen LogP) is 7.11. The molecule has 0 unspecified atom stereocenters. The molecule has 0 aromatic heterocycles. The zero-order valence-corrected chi connectivity index (χ0v) is 21.0. The van der Waals surface area contributed by atoms with Crippen LogP contribution in [0.4, 0.5) is 5.69 Å². The molecule has 0 saturated heterocycles. The van der Waals surface area contributed by atoms with Gasteiger partial charge in [0.2, 0.25) is 0 Å². The van der Waals surface area contributed by atoms with E-state index < -0.39 is 17.7 Å². The average molecular weight is 518 g/mol. The van der Waals surface area contributed by atoms with E-state index in [0.717, 1.165) is 26.9 Å². The van der Waals surface area contributed by atoms with Crippen LogP contribution in [-0.2, 0) is 0 Å². The van der Waals surface area contributed by atoms with E-state index in [2.05, 4.69) is 0 Å². The Bertz CT molecular complexity index is 2050. The van der Waals surface area contributed by atoms with Crippen LogP contribution in [0.15, 0.2) is 109 Å². The quantitative estimate of drug-likeness (QED) is 0.181. The van der Waals surface area contributed by atoms with Crippen LogP contribution >= 0.6 is 0 Å². The van der Waals surface area contributed by atoms with Crippen LogP contribution in [0.1, 0.15) is 52.9 Å². The zero-order valence-electron chi connectivity index (χ0n) is 21.0. The molecule has 0 N–H and O–H groups in total. The largest absolute Gasteiger partial charge is 0.293 e. The third-order valence-corrected chi connectivity index (χ3v) is 8.15. The minimum Gasteiger partial charge on any atom is -0.293 e. The highest BCUT2D eigenvalue weighted by molar-refractivity contribution is 6.37. The molecule has 6 aromatic rings. The predicted molar refractivity (Wildman–Crippen MR) is 154 cm³/mol. The number of fused-ring (bicyclic) bond motifs is 5. The minimum atomic E-state index is -0.975. The summed E-state index contributed by atoms with van der Waals surface area (Å²) in [6, 6.07) is 33.2. The molecule has 0 fully saturated rings. The fraction of sp³-hybridized carbons (Fsp3) is 0.0286. The summed E-state index contributed by atoms with van der Waals surface area (Å²) in [4.78, 5) is 55.5. The van der Waals surface area contributed by atoms with Crippen LogP contribution in [0.3, 0.4) is 0 Å². The van der Waals surface area contributed by atoms with Gasteiger partial charge >= 0.3 is 0 Å². The van der Waals surface area contributed by atoms with Gasteiger partial charge in [-0.1, -0.05) is 72.8 Å². The van der Waals surface area contributed by atoms with Gasteiger partial charge in [-0.25, -0.2) is 4.90 Å². The van der Waals surface area contributed by atoms with Gasteiger partial charge < -0.3 is 0 Å². The van der Waals surface area contributed by atoms with E-state index >= 15 is 0 Å². The van der Waals surface area contributed by atoms with Crippen LogP contribution in [0, 0.1) is 0 Å². The Kier molecular flexibility index (Phi) is 4.53. The molecule has 5 heteroatoms. The zero-order chi connectivity index (χ0) is 27.1. The number of amides is 2. The Balaban J connectivity index is 1.25. The third kappa shape index (κ3) is 3.03. The summed E-state index contributed by atoms with van der Waals surface area (Å²) >= 11 is 0. The molecule has 188 valence electrons. The van der Waals surface area contributed by atoms with E-state index in [1.165, 1.54) is 4.90 Å². The van der Waals surface area contributed by atoms with Gasteiger partial charge in [-0.3, -0.25) is 19.2 Å². The first-order valence-corrected chi connectivity index (χ1v) is 13.0. The van der Waals surface area contributed by atoms with Gasteiger partial charge in [0.05, 0.1) is 16.8 Å². The van der Waals surface area contributed by atoms with Gasteiger partial charge in [-0.15, -0.1) is 0 Å². The summed E-state index contributed by atoms with van der Waals surface area (Å²) in [5.41, 5.74) is 2.54. The number of benzene rings is 6. The van der Waals surface area contributed by atoms with Crippen molar-refractivity contribution in [3.63, 3.8) is 0 Å². The number of ketones is 2. The average Bonchev–Trinajstić information content (AvgIpc) is 3.37. The summed E-state index contributed by atoms with van der Waals surface area (Å²) in [5, 5.41) is 5.00. The van der Waals surface area contributed by atoms with Crippen molar-refractivity contribution >= 4 is 61.4 Å². The number of carbonyl (C=O) groups excluding carboxylic acids is 4. The molecule has 0 radical (unpaired) electrons. The fourth-order valence-electron chi connectivity index (χ4n) is 6.18. The molecule has 1 heterocycles. The van der Waals surface area contributed by atoms with Crippen molar-refractivity contribution in [2.24, 2.45) is 0 Å². The van der Waals surface area contributed by atoms with Crippen LogP contribution in [0.25, 0.3) is 32.3 Å². The van der Waals surface area contributed by atoms with Crippen molar-refractivity contribution in [1.82, 2.24) is 0 Å². The highest BCUT2D eigenvalue weighted by atomic mass is 16.2. The van der Waals surface area contributed by atoms with Gasteiger partial charge in [0.25, 0.3) is 11.8 Å². The van der Waals surface area contributed by atoms with E-state index in [1.807, 2.05) is 60.7 Å². The van der Waals surface area contributed by atoms with E-state index in [-0.39, 0.29) is 11.6 Å². The van der Waals surface area contributed by atoms with Crippen molar-refractivity contribution in [1.29, 1.82) is 0 Å². The van der Waals surface area contributed by atoms with Crippen molar-refractivity contribution in [2.45, 2.75) is 5.92 Å². The lowest BCUT2D eigenvalue weighted by Gasteiger charge is -2.18. The SMILES string of the molecule is O=C1c2cc3ccccc3cc2C(=O)C1c1ccc2cccc(N3C(=O)c4cc5ccccc5cc4C3=O)c2c1. The second-order valence-corrected chi connectivity index (χ2v) is 10.4. The molecule has 0 spiro atoms. The number of hydrogen-bond acceptors (Lipinski definition) is 4. The molecule has 0 saturated carbocycles. The van der Waals surface area contributed by atoms with Gasteiger partial charge in [0, 0.05) is 16.5 Å². The van der Waals surface area contributed by atoms with Crippen molar-refractivity contribution in [3.05, 3.63) is 137 Å². The summed E-state index contributed by atoms with van der Waals surface area (Å²) in [7, 11) is 0. The third-order valence-electron chi connectivity index (χ3n) is 8.15. The maximum absolute atomic E-state index is 13.6. The Morgan fingerprint density at radius 2 is 0.925 bits per heavy atom. The molecule has 0 bridgehead atoms. The van der Waals surface area contributed by atoms with Crippen LogP contribution < -0.4 is 4.90 Å². The van der Waals surface area contributed by atoms with Crippen LogP contribution in [0.2, 0.25) is 0 Å². The fourth-order valence-corrected chi connectivity index (χ4v) is 6.18. The number of hydrogen-bond donors (Lipinski definition) is 0. The van der Waals surface area contributed by atoms with E-state index in [1.54, 1.807) is 48.5 Å². The van der Waals surface area contributed by atoms with Gasteiger partial charge in [0.1, 0.15) is 5.92 Å². The second-order valence-electron chi connectivity index (χ2n) is 10.4. The lowest BCUT2D eigenvalue weighted by Crippen LogP contribution is -2.29. The van der Waals surface area contributed by atoms with Crippen molar-refractivity contribution in [2.75, 3.05) is 4.90 Å². The molecule has 6 aromatic carbocycles. The van der Waals surface area contributed by atoms with Gasteiger partial charge in [0.15, 0.2) is 11.6 Å². The van der Waals surface area contributed by atoms with Crippen LogP contribution in [-0.4, -0.2) is 23.4 Å². The molecule has 2 aliphatic rings. The topological polar surface area (TPSA) is 71.5 Å². The van der Waals surface area contributed by atoms with Gasteiger partial charge in [-0.05, 0) is 68.9 Å². The molecule has 40 heavy (non-hydrogen) atoms. The normalized spacial score (nSPS) is 15.1. The van der Waals surface area contributed by atoms with Gasteiger partial charge in [-0.2, -0.15) is 0 Å². The summed E-state index contributed by atoms with van der Waals surface area (Å²) in [5.74, 6) is -2.24. The number of anilines is 1. The van der Waals surface area contributed by atoms with Crippen molar-refractivity contribution < 1.29 is 19.2 Å². The molecule has 0 atom stereocenters. The Morgan fingerprint density at radius 1 is 0.450 bits per heavy atom. The first kappa shape index (κ1) is 22.6. The van der Waals surface area contributed by atoms with E-state index in [4.69, 9.17) is 0 Å². The highest BCUT2D eigenvalue weighted by Crippen LogP contribution is 2.40. The molecule has 8 rings (SSSR count). The number of Topliss-reactive ketones (excluding diaryl/α,β-unsaturated/α-hetero) is 2. The molecule has 1 aliphatic carbocycles. The molecule has 2 amide bonds. The summed E-state index contributed by atoms with van der Waals surface area (Å²) in [6.07, 6.45) is 0. The Hall–Kier alpha value is -5.42. The maximum atomic E-state index is 13.6. The molecule has 1 aliphatic heterocycles. The number of nitrogens with zero attached hydrogens (tertiary/aromatic N) is 1. The maximum Gasteiger partial charge on any atom is 0.266 e. The van der Waals surface area contributed by atoms with Crippen molar-refractivity contribution in [3.8, 4) is 0 Å². The lowest BCUT2D eigenvalue weighted by atomic mass is 9.92. The first-order chi connectivity index (χ1) is 19.5. The van der Waals surface area contributed by atoms with E-state index in [9.17, 15) is 19.2 Å². The number of rotatable bonds is 2. The Morgan fingerprint density at radius 3 is 1.45 bits per heavy atom. The smallest absolute Gasteiger partial charge is 0.266 e. The highest BCUT2D eigenvalue weighted by Gasteiger charge is 2.41. The second kappa shape index (κ2) is 8.04. The number of carbonyl (C=O) groups is 4.